The topological polar surface area (TPSA) is 45.2 Å². The Morgan fingerprint density at radius 1 is 0.885 bits per heavy atom. The van der Waals surface area contributed by atoms with Crippen LogP contribution in [0.3, 0.4) is 0 Å². The zero-order valence-corrected chi connectivity index (χ0v) is 13.8. The Labute approximate surface area is 146 Å². The van der Waals surface area contributed by atoms with Gasteiger partial charge in [-0.1, -0.05) is 0 Å². The van der Waals surface area contributed by atoms with Crippen molar-refractivity contribution in [3.8, 4) is 0 Å². The van der Waals surface area contributed by atoms with E-state index in [0.717, 1.165) is 6.07 Å². The number of alkyl halides is 5. The quantitative estimate of drug-likeness (QED) is 0.773. The number of aromatic nitrogens is 3. The molecule has 140 valence electrons. The second kappa shape index (κ2) is 6.65. The third-order valence-electron chi connectivity index (χ3n) is 4.03. The van der Waals surface area contributed by atoms with E-state index in [1.54, 1.807) is 4.90 Å². The molecule has 2 aromatic heterocycles. The molecule has 1 aliphatic rings. The molecule has 0 spiro atoms. The molecule has 26 heavy (non-hydrogen) atoms. The van der Waals surface area contributed by atoms with Gasteiger partial charge < -0.3 is 9.80 Å². The lowest BCUT2D eigenvalue weighted by Gasteiger charge is -2.37. The van der Waals surface area contributed by atoms with Gasteiger partial charge in [-0.3, -0.25) is 0 Å². The van der Waals surface area contributed by atoms with Crippen LogP contribution in [0.4, 0.5) is 33.6 Å². The van der Waals surface area contributed by atoms with E-state index in [9.17, 15) is 22.0 Å². The van der Waals surface area contributed by atoms with Crippen LogP contribution >= 0.6 is 0 Å². The molecule has 2 aromatic rings. The predicted octanol–water partition coefficient (Wildman–Crippen LogP) is 3.33. The zero-order valence-electron chi connectivity index (χ0n) is 13.8. The van der Waals surface area contributed by atoms with Crippen LogP contribution in [-0.2, 0) is 12.1 Å². The van der Waals surface area contributed by atoms with E-state index in [-0.39, 0.29) is 18.9 Å². The molecule has 1 saturated heterocycles. The van der Waals surface area contributed by atoms with Gasteiger partial charge >= 0.3 is 12.1 Å². The Morgan fingerprint density at radius 3 is 2.15 bits per heavy atom. The highest BCUT2D eigenvalue weighted by Gasteiger charge is 2.36. The van der Waals surface area contributed by atoms with Gasteiger partial charge in [0.15, 0.2) is 5.82 Å². The van der Waals surface area contributed by atoms with Gasteiger partial charge in [0, 0.05) is 45.5 Å². The van der Waals surface area contributed by atoms with E-state index in [2.05, 4.69) is 15.0 Å². The first-order chi connectivity index (χ1) is 12.2. The van der Waals surface area contributed by atoms with Crippen LogP contribution in [-0.4, -0.2) is 41.1 Å². The summed E-state index contributed by atoms with van der Waals surface area (Å²) in [6.07, 6.45) is -1.92. The summed E-state index contributed by atoms with van der Waals surface area (Å²) >= 11 is 0. The minimum absolute atomic E-state index is 0.122. The Bertz CT molecular complexity index is 766. The first-order valence-corrected chi connectivity index (χ1v) is 7.90. The molecule has 1 fully saturated rings. The summed E-state index contributed by atoms with van der Waals surface area (Å²) in [7, 11) is 0. The molecule has 0 bridgehead atoms. The summed E-state index contributed by atoms with van der Waals surface area (Å²) in [4.78, 5) is 14.6. The molecule has 0 N–H and O–H groups in total. The van der Waals surface area contributed by atoms with E-state index in [1.165, 1.54) is 29.4 Å². The number of pyridine rings is 1. The minimum atomic E-state index is -4.49. The van der Waals surface area contributed by atoms with Crippen molar-refractivity contribution in [3.05, 3.63) is 42.0 Å². The number of piperazine rings is 1. The summed E-state index contributed by atoms with van der Waals surface area (Å²) in [5, 5.41) is 0. The smallest absolute Gasteiger partial charge is 0.353 e. The average Bonchev–Trinajstić information content (AvgIpc) is 2.61. The van der Waals surface area contributed by atoms with Gasteiger partial charge in [-0.2, -0.15) is 22.0 Å². The summed E-state index contributed by atoms with van der Waals surface area (Å²) in [6, 6.07) is 3.75. The molecular formula is C16H16F5N5. The van der Waals surface area contributed by atoms with Gasteiger partial charge in [-0.15, -0.1) is 0 Å². The van der Waals surface area contributed by atoms with Crippen molar-refractivity contribution in [1.82, 2.24) is 15.0 Å². The Kier molecular flexibility index (Phi) is 4.68. The largest absolute Gasteiger partial charge is 0.419 e. The van der Waals surface area contributed by atoms with Crippen LogP contribution in [0.1, 0.15) is 18.3 Å². The molecule has 0 amide bonds. The maximum Gasteiger partial charge on any atom is 0.419 e. The number of halogens is 5. The first kappa shape index (κ1) is 18.3. The number of hydrogen-bond donors (Lipinski definition) is 0. The van der Waals surface area contributed by atoms with E-state index in [4.69, 9.17) is 0 Å². The van der Waals surface area contributed by atoms with E-state index in [1.807, 2.05) is 0 Å². The monoisotopic (exact) mass is 373 g/mol. The third kappa shape index (κ3) is 3.83. The van der Waals surface area contributed by atoms with Crippen molar-refractivity contribution < 1.29 is 22.0 Å². The molecule has 1 aliphatic heterocycles. The van der Waals surface area contributed by atoms with Crippen LogP contribution < -0.4 is 9.80 Å². The Morgan fingerprint density at radius 2 is 1.54 bits per heavy atom. The van der Waals surface area contributed by atoms with Crippen molar-refractivity contribution in [2.24, 2.45) is 0 Å². The highest BCUT2D eigenvalue weighted by Crippen LogP contribution is 2.35. The van der Waals surface area contributed by atoms with Crippen molar-refractivity contribution >= 4 is 11.6 Å². The average molecular weight is 373 g/mol. The van der Waals surface area contributed by atoms with Crippen molar-refractivity contribution in [3.63, 3.8) is 0 Å². The van der Waals surface area contributed by atoms with Gasteiger partial charge in [0.05, 0.1) is 5.56 Å². The number of hydrogen-bond acceptors (Lipinski definition) is 5. The van der Waals surface area contributed by atoms with Crippen molar-refractivity contribution in [2.45, 2.75) is 19.0 Å². The molecular weight excluding hydrogens is 357 g/mol. The second-order valence-electron chi connectivity index (χ2n) is 5.97. The third-order valence-corrected chi connectivity index (χ3v) is 4.03. The lowest BCUT2D eigenvalue weighted by atomic mass is 10.2. The molecule has 0 unspecified atom stereocenters. The standard InChI is InChI=1S/C16H16F5N5/c1-15(17,18)14-23-6-4-12(24-14)25-7-9-26(10-8-25)13-11(16(19,20)21)3-2-5-22-13/h2-6H,7-10H2,1H3. The molecule has 5 nitrogen and oxygen atoms in total. The van der Waals surface area contributed by atoms with Crippen LogP contribution in [0.15, 0.2) is 30.6 Å². The Hall–Kier alpha value is -2.52. The highest BCUT2D eigenvalue weighted by atomic mass is 19.4. The molecule has 0 saturated carbocycles. The molecule has 0 atom stereocenters. The molecule has 0 aliphatic carbocycles. The second-order valence-corrected chi connectivity index (χ2v) is 5.97. The summed E-state index contributed by atoms with van der Waals surface area (Å²) < 4.78 is 66.2. The SMILES string of the molecule is CC(F)(F)c1nccc(N2CCN(c3ncccc3C(F)(F)F)CC2)n1. The molecule has 0 radical (unpaired) electrons. The van der Waals surface area contributed by atoms with Gasteiger partial charge in [0.2, 0.25) is 0 Å². The lowest BCUT2D eigenvalue weighted by molar-refractivity contribution is -0.137. The maximum atomic E-state index is 13.4. The van der Waals surface area contributed by atoms with Crippen LogP contribution in [0.25, 0.3) is 0 Å². The fourth-order valence-corrected chi connectivity index (χ4v) is 2.75. The van der Waals surface area contributed by atoms with Crippen molar-refractivity contribution in [2.75, 3.05) is 36.0 Å². The van der Waals surface area contributed by atoms with Crippen LogP contribution in [0.5, 0.6) is 0 Å². The molecule has 3 rings (SSSR count). The number of nitrogens with zero attached hydrogens (tertiary/aromatic N) is 5. The van der Waals surface area contributed by atoms with E-state index in [0.29, 0.717) is 25.8 Å². The van der Waals surface area contributed by atoms with E-state index >= 15 is 0 Å². The van der Waals surface area contributed by atoms with Crippen molar-refractivity contribution in [1.29, 1.82) is 0 Å². The summed E-state index contributed by atoms with van der Waals surface area (Å²) in [6.45, 7) is 1.91. The number of rotatable bonds is 3. The predicted molar refractivity (Wildman–Crippen MR) is 85.3 cm³/mol. The normalized spacial score (nSPS) is 16.1. The van der Waals surface area contributed by atoms with Gasteiger partial charge in [-0.25, -0.2) is 15.0 Å². The van der Waals surface area contributed by atoms with Crippen LogP contribution in [0.2, 0.25) is 0 Å². The Balaban J connectivity index is 1.75. The van der Waals surface area contributed by atoms with Crippen LogP contribution in [0, 0.1) is 0 Å². The lowest BCUT2D eigenvalue weighted by Crippen LogP contribution is -2.47. The first-order valence-electron chi connectivity index (χ1n) is 7.90. The van der Waals surface area contributed by atoms with Gasteiger partial charge in [-0.05, 0) is 18.2 Å². The summed E-state index contributed by atoms with van der Waals surface area (Å²) in [5.41, 5.74) is -0.789. The molecule has 0 aromatic carbocycles. The van der Waals surface area contributed by atoms with Gasteiger partial charge in [0.1, 0.15) is 11.6 Å². The fourth-order valence-electron chi connectivity index (χ4n) is 2.75. The minimum Gasteiger partial charge on any atom is -0.353 e. The van der Waals surface area contributed by atoms with E-state index < -0.39 is 23.5 Å². The summed E-state index contributed by atoms with van der Waals surface area (Å²) in [5.74, 6) is -3.54. The van der Waals surface area contributed by atoms with Gasteiger partial charge in [0.25, 0.3) is 0 Å². The highest BCUT2D eigenvalue weighted by molar-refractivity contribution is 5.50. The molecule has 3 heterocycles. The zero-order chi connectivity index (χ0) is 18.9. The fraction of sp³-hybridized carbons (Fsp3) is 0.438. The number of anilines is 2. The maximum absolute atomic E-state index is 13.4. The molecule has 10 heteroatoms.